The highest BCUT2D eigenvalue weighted by atomic mass is 16.3. The van der Waals surface area contributed by atoms with E-state index in [1.54, 1.807) is 0 Å². The van der Waals surface area contributed by atoms with Gasteiger partial charge in [0.05, 0.1) is 0 Å². The van der Waals surface area contributed by atoms with Crippen molar-refractivity contribution in [1.29, 1.82) is 0 Å². The second kappa shape index (κ2) is 15.5. The SMILES string of the molecule is c1ccc(-c2oc3c(cc(-c4ccc5ccccc5c4)c4c5oc(-c6ccccc6)c(-c6ccccc6)c5cc(-c5ccc(-c6cccc7ccccc67)cc5)c34)c2-c2ccccc2)cc1. The average Bonchev–Trinajstić information content (AvgIpc) is 3.98. The Labute approximate surface area is 382 Å². The van der Waals surface area contributed by atoms with Crippen LogP contribution in [0.5, 0.6) is 0 Å². The number of hydrogen-bond donors (Lipinski definition) is 0. The lowest BCUT2D eigenvalue weighted by atomic mass is 9.86. The third kappa shape index (κ3) is 6.18. The lowest BCUT2D eigenvalue weighted by Crippen LogP contribution is -1.90. The molecule has 2 heterocycles. The average molecular weight is 841 g/mol. The number of fused-ring (bicyclic) bond motifs is 7. The molecule has 0 aliphatic carbocycles. The van der Waals surface area contributed by atoms with Gasteiger partial charge in [0, 0.05) is 43.8 Å². The van der Waals surface area contributed by atoms with E-state index in [1.165, 1.54) is 32.7 Å². The van der Waals surface area contributed by atoms with Crippen LogP contribution in [0.3, 0.4) is 0 Å². The quantitative estimate of drug-likeness (QED) is 0.160. The Balaban J connectivity index is 1.22. The molecule has 0 radical (unpaired) electrons. The van der Waals surface area contributed by atoms with Gasteiger partial charge < -0.3 is 8.83 Å². The van der Waals surface area contributed by atoms with E-state index < -0.39 is 0 Å². The van der Waals surface area contributed by atoms with Crippen molar-refractivity contribution in [2.45, 2.75) is 0 Å². The predicted molar refractivity (Wildman–Crippen MR) is 277 cm³/mol. The van der Waals surface area contributed by atoms with Crippen LogP contribution in [-0.4, -0.2) is 0 Å². The fourth-order valence-corrected chi connectivity index (χ4v) is 10.2. The Morgan fingerprint density at radius 2 is 0.636 bits per heavy atom. The summed E-state index contributed by atoms with van der Waals surface area (Å²) in [4.78, 5) is 0. The van der Waals surface area contributed by atoms with Crippen LogP contribution in [0.1, 0.15) is 0 Å². The summed E-state index contributed by atoms with van der Waals surface area (Å²) in [5, 5.41) is 8.93. The molecular weight excluding hydrogens is 801 g/mol. The minimum Gasteiger partial charge on any atom is -0.455 e. The normalized spacial score (nSPS) is 11.6. The van der Waals surface area contributed by atoms with Gasteiger partial charge in [0.25, 0.3) is 0 Å². The first-order valence-corrected chi connectivity index (χ1v) is 22.6. The van der Waals surface area contributed by atoms with Gasteiger partial charge in [0.2, 0.25) is 0 Å². The van der Waals surface area contributed by atoms with E-state index in [4.69, 9.17) is 8.83 Å². The van der Waals surface area contributed by atoms with E-state index in [-0.39, 0.29) is 0 Å². The predicted octanol–water partition coefficient (Wildman–Crippen LogP) is 18.3. The molecule has 0 saturated heterocycles. The van der Waals surface area contributed by atoms with Crippen molar-refractivity contribution in [1.82, 2.24) is 0 Å². The molecule has 2 aromatic heterocycles. The number of hydrogen-bond acceptors (Lipinski definition) is 2. The van der Waals surface area contributed by atoms with Gasteiger partial charge in [0.15, 0.2) is 0 Å². The van der Waals surface area contributed by atoms with Crippen LogP contribution in [0.4, 0.5) is 0 Å². The zero-order chi connectivity index (χ0) is 43.6. The van der Waals surface area contributed by atoms with Crippen LogP contribution in [0, 0.1) is 0 Å². The van der Waals surface area contributed by atoms with Gasteiger partial charge in [0.1, 0.15) is 22.7 Å². The zero-order valence-corrected chi connectivity index (χ0v) is 35.9. The summed E-state index contributed by atoms with van der Waals surface area (Å²) >= 11 is 0. The Bertz CT molecular complexity index is 3890. The second-order valence-corrected chi connectivity index (χ2v) is 17.1. The maximum atomic E-state index is 7.43. The van der Waals surface area contributed by atoms with E-state index in [9.17, 15) is 0 Å². The lowest BCUT2D eigenvalue weighted by molar-refractivity contribution is 0.633. The molecule has 0 fully saturated rings. The summed E-state index contributed by atoms with van der Waals surface area (Å²) < 4.78 is 14.9. The third-order valence-corrected chi connectivity index (χ3v) is 13.3. The molecule has 2 heteroatoms. The number of benzene rings is 11. The molecule has 0 saturated carbocycles. The third-order valence-electron chi connectivity index (χ3n) is 13.3. The molecule has 0 unspecified atom stereocenters. The molecule has 13 rings (SSSR count). The van der Waals surface area contributed by atoms with Crippen molar-refractivity contribution in [3.05, 3.63) is 243 Å². The van der Waals surface area contributed by atoms with Crippen LogP contribution in [0.25, 0.3) is 133 Å². The summed E-state index contributed by atoms with van der Waals surface area (Å²) in [6.45, 7) is 0. The molecule has 11 aromatic carbocycles. The molecule has 0 bridgehead atoms. The highest BCUT2D eigenvalue weighted by Crippen LogP contribution is 2.53. The minimum atomic E-state index is 0.821. The maximum absolute atomic E-state index is 7.43. The van der Waals surface area contributed by atoms with Gasteiger partial charge in [-0.1, -0.05) is 224 Å². The molecule has 308 valence electrons. The fourth-order valence-electron chi connectivity index (χ4n) is 10.2. The van der Waals surface area contributed by atoms with Crippen molar-refractivity contribution in [3.8, 4) is 78.3 Å². The van der Waals surface area contributed by atoms with Gasteiger partial charge in [-0.25, -0.2) is 0 Å². The number of rotatable bonds is 7. The van der Waals surface area contributed by atoms with E-state index in [2.05, 4.69) is 243 Å². The Morgan fingerprint density at radius 3 is 1.18 bits per heavy atom. The summed E-state index contributed by atoms with van der Waals surface area (Å²) in [6, 6.07) is 86.8. The van der Waals surface area contributed by atoms with Gasteiger partial charge >= 0.3 is 0 Å². The highest BCUT2D eigenvalue weighted by molar-refractivity contribution is 6.29. The first-order valence-electron chi connectivity index (χ1n) is 22.6. The standard InChI is InChI=1S/C64H40O2/c1-5-20-45(21-6-1)57-55-39-53(44-35-33-43(34-36-44)52-31-17-29-42-19-15-16-30-51(42)52)59-60(64(55)66-61(57)47-24-9-3-10-25-47)54(50-37-32-41-18-13-14-28-49(41)38-50)40-56-58(46-22-7-2-8-23-46)62(65-63(56)59)48-26-11-4-12-27-48/h1-40H. The molecule has 0 amide bonds. The van der Waals surface area contributed by atoms with E-state index >= 15 is 0 Å². The van der Waals surface area contributed by atoms with Crippen molar-refractivity contribution < 1.29 is 8.83 Å². The molecule has 13 aromatic rings. The van der Waals surface area contributed by atoms with Gasteiger partial charge in [-0.05, 0) is 84.3 Å². The van der Waals surface area contributed by atoms with Crippen molar-refractivity contribution >= 4 is 54.3 Å². The van der Waals surface area contributed by atoms with E-state index in [0.29, 0.717) is 0 Å². The summed E-state index contributed by atoms with van der Waals surface area (Å²) in [6.07, 6.45) is 0. The van der Waals surface area contributed by atoms with Gasteiger partial charge in [-0.2, -0.15) is 0 Å². The topological polar surface area (TPSA) is 26.3 Å². The van der Waals surface area contributed by atoms with E-state index in [0.717, 1.165) is 99.9 Å². The zero-order valence-electron chi connectivity index (χ0n) is 35.9. The fraction of sp³-hybridized carbons (Fsp3) is 0. The maximum Gasteiger partial charge on any atom is 0.144 e. The molecule has 0 N–H and O–H groups in total. The van der Waals surface area contributed by atoms with Crippen LogP contribution in [-0.2, 0) is 0 Å². The lowest BCUT2D eigenvalue weighted by Gasteiger charge is -2.15. The Hall–Kier alpha value is -8.72. The molecule has 2 nitrogen and oxygen atoms in total. The molecule has 66 heavy (non-hydrogen) atoms. The first-order chi connectivity index (χ1) is 32.7. The highest BCUT2D eigenvalue weighted by Gasteiger charge is 2.29. The summed E-state index contributed by atoms with van der Waals surface area (Å²) in [5.41, 5.74) is 14.7. The van der Waals surface area contributed by atoms with Crippen molar-refractivity contribution in [3.63, 3.8) is 0 Å². The van der Waals surface area contributed by atoms with Gasteiger partial charge in [-0.3, -0.25) is 0 Å². The minimum absolute atomic E-state index is 0.821. The smallest absolute Gasteiger partial charge is 0.144 e. The largest absolute Gasteiger partial charge is 0.455 e. The van der Waals surface area contributed by atoms with Crippen LogP contribution in [0.2, 0.25) is 0 Å². The molecule has 0 atom stereocenters. The summed E-state index contributed by atoms with van der Waals surface area (Å²) in [7, 11) is 0. The molecule has 0 spiro atoms. The van der Waals surface area contributed by atoms with E-state index in [1.807, 2.05) is 0 Å². The van der Waals surface area contributed by atoms with Crippen LogP contribution >= 0.6 is 0 Å². The molecule has 0 aliphatic rings. The van der Waals surface area contributed by atoms with Crippen LogP contribution < -0.4 is 0 Å². The van der Waals surface area contributed by atoms with Gasteiger partial charge in [-0.15, -0.1) is 0 Å². The number of furan rings is 2. The van der Waals surface area contributed by atoms with Crippen molar-refractivity contribution in [2.75, 3.05) is 0 Å². The summed E-state index contributed by atoms with van der Waals surface area (Å²) in [5.74, 6) is 1.67. The molecular formula is C64H40O2. The van der Waals surface area contributed by atoms with Crippen molar-refractivity contribution in [2.24, 2.45) is 0 Å². The Kier molecular flexibility index (Phi) is 8.89. The van der Waals surface area contributed by atoms with Crippen LogP contribution in [0.15, 0.2) is 251 Å². The second-order valence-electron chi connectivity index (χ2n) is 17.1. The molecule has 0 aliphatic heterocycles. The Morgan fingerprint density at radius 1 is 0.227 bits per heavy atom. The monoisotopic (exact) mass is 840 g/mol. The first kappa shape index (κ1) is 37.8.